The van der Waals surface area contributed by atoms with Crippen molar-refractivity contribution in [3.63, 3.8) is 0 Å². The van der Waals surface area contributed by atoms with E-state index in [4.69, 9.17) is 14.5 Å². The minimum absolute atomic E-state index is 0. The molecule has 1 aromatic rings. The molecule has 7 nitrogen and oxygen atoms in total. The second-order valence-electron chi connectivity index (χ2n) is 7.64. The predicted molar refractivity (Wildman–Crippen MR) is 137 cm³/mol. The van der Waals surface area contributed by atoms with Gasteiger partial charge in [0.2, 0.25) is 5.91 Å². The standard InChI is InChI=1S/C23H38N4O3.HI/c1-6-19(27-15-8-9-22(27)28)12-14-25-23(24-7-2)26(3)16-13-18-10-11-20(29-4)21(17-18)30-5;/h10-11,17,19H,6-9,12-16H2,1-5H3,(H,24,25);1H. The van der Waals surface area contributed by atoms with Gasteiger partial charge in [-0.1, -0.05) is 13.0 Å². The van der Waals surface area contributed by atoms with Gasteiger partial charge in [0.25, 0.3) is 0 Å². The first-order valence-electron chi connectivity index (χ1n) is 11.0. The number of hydrogen-bond donors (Lipinski definition) is 1. The first-order valence-corrected chi connectivity index (χ1v) is 11.0. The van der Waals surface area contributed by atoms with Gasteiger partial charge in [-0.3, -0.25) is 9.79 Å². The molecule has 1 atom stereocenters. The number of aliphatic imine (C=N–C) groups is 1. The Bertz CT molecular complexity index is 714. The number of guanidine groups is 1. The van der Waals surface area contributed by atoms with E-state index in [2.05, 4.69) is 37.2 Å². The van der Waals surface area contributed by atoms with E-state index in [1.807, 2.05) is 17.0 Å². The summed E-state index contributed by atoms with van der Waals surface area (Å²) in [5, 5.41) is 3.38. The number of nitrogens with zero attached hydrogens (tertiary/aromatic N) is 3. The van der Waals surface area contributed by atoms with Gasteiger partial charge < -0.3 is 24.6 Å². The number of carbonyl (C=O) groups is 1. The maximum absolute atomic E-state index is 12.0. The maximum atomic E-state index is 12.0. The number of nitrogens with one attached hydrogen (secondary N) is 1. The molecule has 1 fully saturated rings. The van der Waals surface area contributed by atoms with Gasteiger partial charge in [0.15, 0.2) is 17.5 Å². The molecule has 1 N–H and O–H groups in total. The number of rotatable bonds is 11. The van der Waals surface area contributed by atoms with Gasteiger partial charge in [0.1, 0.15) is 0 Å². The molecule has 1 aliphatic heterocycles. The van der Waals surface area contributed by atoms with Crippen LogP contribution < -0.4 is 14.8 Å². The van der Waals surface area contributed by atoms with E-state index in [1.54, 1.807) is 14.2 Å². The summed E-state index contributed by atoms with van der Waals surface area (Å²) in [6, 6.07) is 6.33. The summed E-state index contributed by atoms with van der Waals surface area (Å²) in [6.07, 6.45) is 4.44. The van der Waals surface area contributed by atoms with Crippen LogP contribution in [0.2, 0.25) is 0 Å². The predicted octanol–water partition coefficient (Wildman–Crippen LogP) is 3.55. The highest BCUT2D eigenvalue weighted by Crippen LogP contribution is 2.27. The zero-order valence-electron chi connectivity index (χ0n) is 19.6. The van der Waals surface area contributed by atoms with E-state index in [-0.39, 0.29) is 24.0 Å². The summed E-state index contributed by atoms with van der Waals surface area (Å²) in [7, 11) is 5.36. The van der Waals surface area contributed by atoms with Crippen molar-refractivity contribution in [1.82, 2.24) is 15.1 Å². The second kappa shape index (κ2) is 14.4. The smallest absolute Gasteiger partial charge is 0.222 e. The summed E-state index contributed by atoms with van der Waals surface area (Å²) >= 11 is 0. The number of likely N-dealkylation sites (N-methyl/N-ethyl adjacent to an activating group) is 1. The summed E-state index contributed by atoms with van der Waals surface area (Å²) in [6.45, 7) is 7.50. The van der Waals surface area contributed by atoms with Gasteiger partial charge in [-0.25, -0.2) is 0 Å². The lowest BCUT2D eigenvalue weighted by molar-refractivity contribution is -0.129. The normalized spacial score (nSPS) is 14.8. The number of methoxy groups -OCH3 is 2. The van der Waals surface area contributed by atoms with Crippen LogP contribution in [-0.2, 0) is 11.2 Å². The van der Waals surface area contributed by atoms with Gasteiger partial charge >= 0.3 is 0 Å². The van der Waals surface area contributed by atoms with Crippen molar-refractivity contribution in [2.75, 3.05) is 47.4 Å². The minimum atomic E-state index is 0. The Kier molecular flexibility index (Phi) is 12.7. The van der Waals surface area contributed by atoms with Crippen LogP contribution in [0.3, 0.4) is 0 Å². The molecule has 1 unspecified atom stereocenters. The van der Waals surface area contributed by atoms with Crippen LogP contribution in [0.15, 0.2) is 23.2 Å². The minimum Gasteiger partial charge on any atom is -0.493 e. The van der Waals surface area contributed by atoms with Crippen LogP contribution in [-0.4, -0.2) is 75.2 Å². The fourth-order valence-electron chi connectivity index (χ4n) is 3.86. The molecule has 2 rings (SSSR count). The third kappa shape index (κ3) is 8.05. The van der Waals surface area contributed by atoms with Crippen LogP contribution in [0, 0.1) is 0 Å². The third-order valence-electron chi connectivity index (χ3n) is 5.63. The maximum Gasteiger partial charge on any atom is 0.222 e. The first kappa shape index (κ1) is 27.3. The van der Waals surface area contributed by atoms with Gasteiger partial charge in [-0.05, 0) is 50.3 Å². The van der Waals surface area contributed by atoms with E-state index in [9.17, 15) is 4.79 Å². The number of hydrogen-bond acceptors (Lipinski definition) is 4. The van der Waals surface area contributed by atoms with E-state index < -0.39 is 0 Å². The molecule has 31 heavy (non-hydrogen) atoms. The Hall–Kier alpha value is -1.71. The summed E-state index contributed by atoms with van der Waals surface area (Å²) in [5.74, 6) is 2.69. The van der Waals surface area contributed by atoms with Gasteiger partial charge in [-0.2, -0.15) is 0 Å². The average Bonchev–Trinajstić information content (AvgIpc) is 3.19. The van der Waals surface area contributed by atoms with Crippen molar-refractivity contribution in [2.45, 2.75) is 52.0 Å². The fourth-order valence-corrected chi connectivity index (χ4v) is 3.86. The van der Waals surface area contributed by atoms with E-state index in [0.717, 1.165) is 62.8 Å². The molecule has 0 bridgehead atoms. The molecule has 0 saturated carbocycles. The summed E-state index contributed by atoms with van der Waals surface area (Å²) in [4.78, 5) is 21.1. The van der Waals surface area contributed by atoms with Crippen LogP contribution in [0.25, 0.3) is 0 Å². The molecule has 1 saturated heterocycles. The molecule has 0 spiro atoms. The van der Waals surface area contributed by atoms with Crippen molar-refractivity contribution in [3.05, 3.63) is 23.8 Å². The Labute approximate surface area is 204 Å². The Morgan fingerprint density at radius 1 is 1.26 bits per heavy atom. The quantitative estimate of drug-likeness (QED) is 0.261. The largest absolute Gasteiger partial charge is 0.493 e. The SMILES string of the molecule is CCNC(=NCCC(CC)N1CCCC1=O)N(C)CCc1ccc(OC)c(OC)c1.I. The molecule has 0 aliphatic carbocycles. The molecule has 0 radical (unpaired) electrons. The molecule has 176 valence electrons. The number of carbonyl (C=O) groups excluding carboxylic acids is 1. The molecular weight excluding hydrogens is 507 g/mol. The van der Waals surface area contributed by atoms with E-state index in [0.29, 0.717) is 24.9 Å². The lowest BCUT2D eigenvalue weighted by Crippen LogP contribution is -2.40. The number of halogens is 1. The lowest BCUT2D eigenvalue weighted by atomic mass is 10.1. The number of ether oxygens (including phenoxy) is 2. The van der Waals surface area contributed by atoms with Crippen molar-refractivity contribution >= 4 is 35.8 Å². The van der Waals surface area contributed by atoms with Crippen LogP contribution in [0.5, 0.6) is 11.5 Å². The molecule has 1 aromatic carbocycles. The van der Waals surface area contributed by atoms with Crippen molar-refractivity contribution in [1.29, 1.82) is 0 Å². The van der Waals surface area contributed by atoms with Crippen LogP contribution in [0.4, 0.5) is 0 Å². The highest BCUT2D eigenvalue weighted by molar-refractivity contribution is 14.0. The van der Waals surface area contributed by atoms with Gasteiger partial charge in [0.05, 0.1) is 14.2 Å². The van der Waals surface area contributed by atoms with Gasteiger partial charge in [0, 0.05) is 45.7 Å². The fraction of sp³-hybridized carbons (Fsp3) is 0.652. The van der Waals surface area contributed by atoms with Crippen LogP contribution >= 0.6 is 24.0 Å². The zero-order valence-corrected chi connectivity index (χ0v) is 22.0. The Morgan fingerprint density at radius 3 is 2.58 bits per heavy atom. The number of amides is 1. The lowest BCUT2D eigenvalue weighted by Gasteiger charge is -2.27. The van der Waals surface area contributed by atoms with E-state index >= 15 is 0 Å². The topological polar surface area (TPSA) is 66.4 Å². The number of likely N-dealkylation sites (tertiary alicyclic amines) is 1. The summed E-state index contributed by atoms with van der Waals surface area (Å²) in [5.41, 5.74) is 1.19. The van der Waals surface area contributed by atoms with E-state index in [1.165, 1.54) is 5.56 Å². The zero-order chi connectivity index (χ0) is 21.9. The highest BCUT2D eigenvalue weighted by Gasteiger charge is 2.26. The third-order valence-corrected chi connectivity index (χ3v) is 5.63. The number of benzene rings is 1. The average molecular weight is 546 g/mol. The summed E-state index contributed by atoms with van der Waals surface area (Å²) < 4.78 is 10.7. The van der Waals surface area contributed by atoms with Gasteiger partial charge in [-0.15, -0.1) is 24.0 Å². The van der Waals surface area contributed by atoms with Crippen molar-refractivity contribution in [3.8, 4) is 11.5 Å². The second-order valence-corrected chi connectivity index (χ2v) is 7.64. The first-order chi connectivity index (χ1) is 14.5. The molecule has 1 heterocycles. The molecule has 8 heteroatoms. The monoisotopic (exact) mass is 546 g/mol. The molecule has 1 aliphatic rings. The van der Waals surface area contributed by atoms with Crippen molar-refractivity contribution in [2.24, 2.45) is 4.99 Å². The Morgan fingerprint density at radius 2 is 2.00 bits per heavy atom. The van der Waals surface area contributed by atoms with Crippen LogP contribution in [0.1, 0.15) is 45.1 Å². The highest BCUT2D eigenvalue weighted by atomic mass is 127. The molecular formula is C23H39IN4O3. The molecule has 1 amide bonds. The molecule has 0 aromatic heterocycles. The Balaban J connectivity index is 0.00000480. The van der Waals surface area contributed by atoms with Crippen molar-refractivity contribution < 1.29 is 14.3 Å².